The summed E-state index contributed by atoms with van der Waals surface area (Å²) in [6.45, 7) is 0.750. The molecule has 3 fully saturated rings. The Morgan fingerprint density at radius 1 is 1.30 bits per heavy atom. The van der Waals surface area contributed by atoms with Gasteiger partial charge in [-0.3, -0.25) is 9.59 Å². The molecule has 1 amide bonds. The number of carbonyl (C=O) groups excluding carboxylic acids is 2. The van der Waals surface area contributed by atoms with Crippen LogP contribution in [0.2, 0.25) is 0 Å². The maximum Gasteiger partial charge on any atom is 0.225 e. The molecular weight excluding hydrogens is 342 g/mol. The number of likely N-dealkylation sites (tertiary alicyclic amines) is 1. The predicted octanol–water partition coefficient (Wildman–Crippen LogP) is 2.63. The molecule has 1 spiro atoms. The normalized spacial score (nSPS) is 36.0. The second-order valence-electron chi connectivity index (χ2n) is 8.96. The minimum absolute atomic E-state index is 0.206. The molecule has 2 unspecified atom stereocenters. The first-order chi connectivity index (χ1) is 13.1. The molecule has 5 heteroatoms. The Kier molecular flexibility index (Phi) is 3.12. The van der Waals surface area contributed by atoms with Crippen molar-refractivity contribution in [3.8, 4) is 11.5 Å². The molecule has 5 nitrogen and oxygen atoms in total. The van der Waals surface area contributed by atoms with Crippen molar-refractivity contribution in [2.45, 2.75) is 62.5 Å². The first-order valence-corrected chi connectivity index (χ1v) is 10.4. The quantitative estimate of drug-likeness (QED) is 0.806. The highest BCUT2D eigenvalue weighted by molar-refractivity contribution is 5.89. The SMILES string of the molecule is COc1ccc2c3c1OC1C(=O)CC[C@@H]4[C@H](C2)N(C(=O)C2CCC2)CCC314. The molecule has 0 N–H and O–H groups in total. The second kappa shape index (κ2) is 5.27. The summed E-state index contributed by atoms with van der Waals surface area (Å²) >= 11 is 0. The summed E-state index contributed by atoms with van der Waals surface area (Å²) in [5.41, 5.74) is 2.21. The molecular formula is C22H25NO4. The van der Waals surface area contributed by atoms with Gasteiger partial charge in [-0.1, -0.05) is 12.5 Å². The maximum atomic E-state index is 13.1. The minimum Gasteiger partial charge on any atom is -0.493 e. The van der Waals surface area contributed by atoms with E-state index in [4.69, 9.17) is 9.47 Å². The van der Waals surface area contributed by atoms with Crippen LogP contribution < -0.4 is 9.47 Å². The average molecular weight is 367 g/mol. The number of piperidine rings is 1. The van der Waals surface area contributed by atoms with Gasteiger partial charge in [0, 0.05) is 30.5 Å². The number of nitrogens with zero attached hydrogens (tertiary/aromatic N) is 1. The highest BCUT2D eigenvalue weighted by Gasteiger charge is 2.66. The second-order valence-corrected chi connectivity index (χ2v) is 8.96. The lowest BCUT2D eigenvalue weighted by molar-refractivity contribution is -0.153. The summed E-state index contributed by atoms with van der Waals surface area (Å²) in [6, 6.07) is 4.30. The number of hydrogen-bond donors (Lipinski definition) is 0. The van der Waals surface area contributed by atoms with Gasteiger partial charge in [-0.2, -0.15) is 0 Å². The molecule has 27 heavy (non-hydrogen) atoms. The number of benzene rings is 1. The van der Waals surface area contributed by atoms with Gasteiger partial charge in [0.05, 0.1) is 12.5 Å². The highest BCUT2D eigenvalue weighted by Crippen LogP contribution is 2.63. The lowest BCUT2D eigenvalue weighted by Crippen LogP contribution is -2.67. The van der Waals surface area contributed by atoms with Crippen molar-refractivity contribution < 1.29 is 19.1 Å². The van der Waals surface area contributed by atoms with Crippen LogP contribution in [-0.4, -0.2) is 42.4 Å². The van der Waals surface area contributed by atoms with E-state index in [1.807, 2.05) is 6.07 Å². The number of Topliss-reactive ketones (excluding diaryl/α,β-unsaturated/α-hetero) is 1. The van der Waals surface area contributed by atoms with Gasteiger partial charge < -0.3 is 14.4 Å². The third-order valence-electron chi connectivity index (χ3n) is 8.05. The van der Waals surface area contributed by atoms with Crippen LogP contribution in [-0.2, 0) is 21.4 Å². The van der Waals surface area contributed by atoms with Gasteiger partial charge >= 0.3 is 0 Å². The lowest BCUT2D eigenvalue weighted by Gasteiger charge is -2.58. The Morgan fingerprint density at radius 3 is 2.89 bits per heavy atom. The van der Waals surface area contributed by atoms with E-state index in [-0.39, 0.29) is 23.2 Å². The van der Waals surface area contributed by atoms with Gasteiger partial charge in [0.2, 0.25) is 5.91 Å². The molecule has 2 bridgehead atoms. The van der Waals surface area contributed by atoms with Gasteiger partial charge in [-0.25, -0.2) is 0 Å². The third kappa shape index (κ3) is 1.81. The first kappa shape index (κ1) is 16.0. The average Bonchev–Trinajstić information content (AvgIpc) is 2.96. The number of methoxy groups -OCH3 is 1. The van der Waals surface area contributed by atoms with E-state index < -0.39 is 6.10 Å². The molecule has 5 aliphatic rings. The lowest BCUT2D eigenvalue weighted by atomic mass is 9.51. The number of rotatable bonds is 2. The molecule has 142 valence electrons. The molecule has 2 aliphatic heterocycles. The minimum atomic E-state index is -0.398. The van der Waals surface area contributed by atoms with E-state index in [1.54, 1.807) is 7.11 Å². The largest absolute Gasteiger partial charge is 0.493 e. The zero-order valence-electron chi connectivity index (χ0n) is 15.7. The van der Waals surface area contributed by atoms with E-state index in [0.717, 1.165) is 50.1 Å². The number of amides is 1. The van der Waals surface area contributed by atoms with Crippen LogP contribution in [0.5, 0.6) is 11.5 Å². The molecule has 1 aromatic rings. The smallest absolute Gasteiger partial charge is 0.225 e. The predicted molar refractivity (Wildman–Crippen MR) is 98.0 cm³/mol. The van der Waals surface area contributed by atoms with Crippen molar-refractivity contribution in [2.24, 2.45) is 11.8 Å². The third-order valence-corrected chi connectivity index (χ3v) is 8.05. The first-order valence-electron chi connectivity index (χ1n) is 10.4. The number of ether oxygens (including phenoxy) is 2. The Balaban J connectivity index is 1.50. The van der Waals surface area contributed by atoms with Crippen molar-refractivity contribution in [3.63, 3.8) is 0 Å². The van der Waals surface area contributed by atoms with Crippen LogP contribution in [0.15, 0.2) is 12.1 Å². The van der Waals surface area contributed by atoms with Crippen LogP contribution in [0.3, 0.4) is 0 Å². The Hall–Kier alpha value is -2.04. The van der Waals surface area contributed by atoms with Gasteiger partial charge in [0.1, 0.15) is 0 Å². The Bertz CT molecular complexity index is 860. The number of hydrogen-bond acceptors (Lipinski definition) is 4. The van der Waals surface area contributed by atoms with Crippen molar-refractivity contribution in [2.75, 3.05) is 13.7 Å². The van der Waals surface area contributed by atoms with Crippen molar-refractivity contribution >= 4 is 11.7 Å². The van der Waals surface area contributed by atoms with E-state index in [2.05, 4.69) is 11.0 Å². The fraction of sp³-hybridized carbons (Fsp3) is 0.636. The standard InChI is InChI=1S/C22H25NO4/c1-26-17-8-5-13-11-15-14-6-7-16(24)20-22(14,18(13)19(17)27-20)9-10-23(15)21(25)12-3-2-4-12/h5,8,12,14-15,20H,2-4,6-7,9-11H2,1H3/t14-,15+,20?,22?/m1/s1. The van der Waals surface area contributed by atoms with Crippen molar-refractivity contribution in [1.29, 1.82) is 0 Å². The van der Waals surface area contributed by atoms with Crippen LogP contribution in [0.25, 0.3) is 0 Å². The van der Waals surface area contributed by atoms with Gasteiger partial charge in [-0.15, -0.1) is 0 Å². The van der Waals surface area contributed by atoms with Gasteiger partial charge in [-0.05, 0) is 49.7 Å². The number of carbonyl (C=O) groups is 2. The molecule has 1 aromatic carbocycles. The van der Waals surface area contributed by atoms with E-state index in [9.17, 15) is 9.59 Å². The van der Waals surface area contributed by atoms with Gasteiger partial charge in [0.15, 0.2) is 23.4 Å². The summed E-state index contributed by atoms with van der Waals surface area (Å²) in [5, 5.41) is 0. The van der Waals surface area contributed by atoms with E-state index in [1.165, 1.54) is 17.5 Å². The monoisotopic (exact) mass is 367 g/mol. The summed E-state index contributed by atoms with van der Waals surface area (Å²) in [6.07, 6.45) is 6.00. The summed E-state index contributed by atoms with van der Waals surface area (Å²) < 4.78 is 11.9. The molecule has 3 aliphatic carbocycles. The van der Waals surface area contributed by atoms with Crippen LogP contribution >= 0.6 is 0 Å². The zero-order valence-corrected chi connectivity index (χ0v) is 15.7. The zero-order chi connectivity index (χ0) is 18.3. The fourth-order valence-corrected chi connectivity index (χ4v) is 6.64. The van der Waals surface area contributed by atoms with Crippen LogP contribution in [0, 0.1) is 11.8 Å². The Labute approximate surface area is 159 Å². The van der Waals surface area contributed by atoms with Gasteiger partial charge in [0.25, 0.3) is 0 Å². The molecule has 2 heterocycles. The van der Waals surface area contributed by atoms with Crippen LogP contribution in [0.4, 0.5) is 0 Å². The maximum absolute atomic E-state index is 13.1. The summed E-state index contributed by atoms with van der Waals surface area (Å²) in [5.74, 6) is 2.64. The van der Waals surface area contributed by atoms with Crippen LogP contribution in [0.1, 0.15) is 49.7 Å². The highest BCUT2D eigenvalue weighted by atomic mass is 16.5. The fourth-order valence-electron chi connectivity index (χ4n) is 6.64. The Morgan fingerprint density at radius 2 is 2.15 bits per heavy atom. The van der Waals surface area contributed by atoms with E-state index in [0.29, 0.717) is 18.2 Å². The molecule has 4 atom stereocenters. The van der Waals surface area contributed by atoms with E-state index >= 15 is 0 Å². The molecule has 0 radical (unpaired) electrons. The molecule has 6 rings (SSSR count). The molecule has 2 saturated carbocycles. The summed E-state index contributed by atoms with van der Waals surface area (Å²) in [7, 11) is 1.66. The molecule has 0 aromatic heterocycles. The molecule has 1 saturated heterocycles. The van der Waals surface area contributed by atoms with Crippen molar-refractivity contribution in [3.05, 3.63) is 23.3 Å². The summed E-state index contributed by atoms with van der Waals surface area (Å²) in [4.78, 5) is 28.2. The topological polar surface area (TPSA) is 55.8 Å². The van der Waals surface area contributed by atoms with Crippen molar-refractivity contribution in [1.82, 2.24) is 4.90 Å². The number of ketones is 1.